The molecule has 1 aliphatic heterocycles. The summed E-state index contributed by atoms with van der Waals surface area (Å²) in [6, 6.07) is 4.23. The van der Waals surface area contributed by atoms with Crippen LogP contribution in [0, 0.1) is 11.8 Å². The molecule has 4 nitrogen and oxygen atoms in total. The zero-order valence-electron chi connectivity index (χ0n) is 11.8. The Hall–Kier alpha value is -1.42. The van der Waals surface area contributed by atoms with E-state index < -0.39 is 0 Å². The molecule has 0 unspecified atom stereocenters. The fraction of sp³-hybridized carbons (Fsp3) is 0.625. The number of rotatable bonds is 4. The molecule has 1 amide bonds. The first-order chi connectivity index (χ1) is 9.83. The molecule has 4 heteroatoms. The molecule has 0 radical (unpaired) electrons. The summed E-state index contributed by atoms with van der Waals surface area (Å²) < 4.78 is 5.58. The van der Waals surface area contributed by atoms with Crippen LogP contribution in [0.4, 0.5) is 0 Å². The third-order valence-electron chi connectivity index (χ3n) is 4.50. The molecule has 0 spiro atoms. The third kappa shape index (κ3) is 3.18. The molecule has 2 fully saturated rings. The minimum Gasteiger partial charge on any atom is -0.379 e. The van der Waals surface area contributed by atoms with Gasteiger partial charge in [0.2, 0.25) is 5.91 Å². The number of carbonyl (C=O) groups excluding carboxylic acids is 1. The van der Waals surface area contributed by atoms with Crippen molar-refractivity contribution in [2.45, 2.75) is 38.1 Å². The number of hydrogen-bond donors (Lipinski definition) is 1. The van der Waals surface area contributed by atoms with Crippen molar-refractivity contribution < 1.29 is 9.53 Å². The van der Waals surface area contributed by atoms with Crippen LogP contribution in [0.1, 0.15) is 31.2 Å². The second kappa shape index (κ2) is 6.35. The van der Waals surface area contributed by atoms with Gasteiger partial charge in [0.05, 0.1) is 19.3 Å². The predicted octanol–water partition coefficient (Wildman–Crippen LogP) is 1.95. The molecule has 20 heavy (non-hydrogen) atoms. The van der Waals surface area contributed by atoms with Gasteiger partial charge in [0, 0.05) is 24.2 Å². The zero-order valence-corrected chi connectivity index (χ0v) is 11.8. The van der Waals surface area contributed by atoms with Gasteiger partial charge in [0.15, 0.2) is 0 Å². The van der Waals surface area contributed by atoms with Crippen LogP contribution in [0.15, 0.2) is 24.5 Å². The molecule has 3 rings (SSSR count). The maximum atomic E-state index is 12.2. The van der Waals surface area contributed by atoms with Crippen molar-refractivity contribution >= 4 is 5.91 Å². The first-order valence-corrected chi connectivity index (χ1v) is 7.60. The number of ether oxygens (including phenoxy) is 1. The van der Waals surface area contributed by atoms with Gasteiger partial charge in [-0.1, -0.05) is 12.8 Å². The molecule has 108 valence electrons. The van der Waals surface area contributed by atoms with E-state index in [0.717, 1.165) is 25.9 Å². The molecule has 2 atom stereocenters. The van der Waals surface area contributed by atoms with Crippen LogP contribution in [0.2, 0.25) is 0 Å². The second-order valence-corrected chi connectivity index (χ2v) is 5.95. The predicted molar refractivity (Wildman–Crippen MR) is 76.1 cm³/mol. The van der Waals surface area contributed by atoms with Crippen molar-refractivity contribution in [3.05, 3.63) is 30.1 Å². The Morgan fingerprint density at radius 3 is 2.75 bits per heavy atom. The normalized spacial score (nSPS) is 26.8. The lowest BCUT2D eigenvalue weighted by Crippen LogP contribution is -2.43. The quantitative estimate of drug-likeness (QED) is 0.913. The van der Waals surface area contributed by atoms with Crippen LogP contribution in [0.25, 0.3) is 0 Å². The van der Waals surface area contributed by atoms with E-state index in [0.29, 0.717) is 12.5 Å². The topological polar surface area (TPSA) is 51.2 Å². The van der Waals surface area contributed by atoms with Gasteiger partial charge in [-0.15, -0.1) is 0 Å². The number of carbonyl (C=O) groups is 1. The molecule has 2 aliphatic rings. The molecule has 2 heterocycles. The molecular formula is C16H22N2O2. The van der Waals surface area contributed by atoms with Crippen LogP contribution in [0.5, 0.6) is 0 Å². The number of hydrogen-bond acceptors (Lipinski definition) is 3. The van der Waals surface area contributed by atoms with Crippen molar-refractivity contribution in [2.24, 2.45) is 11.8 Å². The Kier molecular flexibility index (Phi) is 4.31. The summed E-state index contributed by atoms with van der Waals surface area (Å²) in [6.45, 7) is 1.38. The number of nitrogens with zero attached hydrogens (tertiary/aromatic N) is 1. The van der Waals surface area contributed by atoms with Crippen LogP contribution in [-0.2, 0) is 16.0 Å². The van der Waals surface area contributed by atoms with Crippen LogP contribution in [-0.4, -0.2) is 30.1 Å². The van der Waals surface area contributed by atoms with E-state index in [1.165, 1.54) is 18.4 Å². The SMILES string of the molecule is O=C(N[C@H]1COC[C@H]1Cc1ccncc1)C1CCCC1. The number of amides is 1. The highest BCUT2D eigenvalue weighted by Crippen LogP contribution is 2.26. The summed E-state index contributed by atoms with van der Waals surface area (Å²) in [5, 5.41) is 3.21. The van der Waals surface area contributed by atoms with Crippen molar-refractivity contribution in [3.8, 4) is 0 Å². The van der Waals surface area contributed by atoms with E-state index in [9.17, 15) is 4.79 Å². The smallest absolute Gasteiger partial charge is 0.223 e. The van der Waals surface area contributed by atoms with Gasteiger partial charge >= 0.3 is 0 Å². The highest BCUT2D eigenvalue weighted by molar-refractivity contribution is 5.79. The standard InChI is InChI=1S/C16H22N2O2/c19-16(13-3-1-2-4-13)18-15-11-20-10-14(15)9-12-5-7-17-8-6-12/h5-8,13-15H,1-4,9-11H2,(H,18,19)/t14-,15+/m1/s1. The van der Waals surface area contributed by atoms with E-state index >= 15 is 0 Å². The highest BCUT2D eigenvalue weighted by Gasteiger charge is 2.32. The molecule has 1 aliphatic carbocycles. The van der Waals surface area contributed by atoms with Crippen molar-refractivity contribution in [2.75, 3.05) is 13.2 Å². The van der Waals surface area contributed by atoms with Gasteiger partial charge in [-0.2, -0.15) is 0 Å². The molecule has 1 saturated heterocycles. The second-order valence-electron chi connectivity index (χ2n) is 5.95. The molecule has 1 N–H and O–H groups in total. The van der Waals surface area contributed by atoms with E-state index in [1.807, 2.05) is 24.5 Å². The summed E-state index contributed by atoms with van der Waals surface area (Å²) >= 11 is 0. The first kappa shape index (κ1) is 13.6. The van der Waals surface area contributed by atoms with Crippen molar-refractivity contribution in [1.29, 1.82) is 0 Å². The maximum Gasteiger partial charge on any atom is 0.223 e. The summed E-state index contributed by atoms with van der Waals surface area (Å²) in [6.07, 6.45) is 9.06. The average molecular weight is 274 g/mol. The summed E-state index contributed by atoms with van der Waals surface area (Å²) in [5.41, 5.74) is 1.26. The largest absolute Gasteiger partial charge is 0.379 e. The van der Waals surface area contributed by atoms with Gasteiger partial charge in [0.1, 0.15) is 0 Å². The zero-order chi connectivity index (χ0) is 13.8. The Morgan fingerprint density at radius 2 is 2.00 bits per heavy atom. The maximum absolute atomic E-state index is 12.2. The monoisotopic (exact) mass is 274 g/mol. The first-order valence-electron chi connectivity index (χ1n) is 7.60. The molecule has 1 aromatic rings. The Labute approximate surface area is 119 Å². The molecule has 1 aromatic heterocycles. The highest BCUT2D eigenvalue weighted by atomic mass is 16.5. The minimum atomic E-state index is 0.163. The van der Waals surface area contributed by atoms with Crippen molar-refractivity contribution in [1.82, 2.24) is 10.3 Å². The average Bonchev–Trinajstić information content (AvgIpc) is 3.12. The Balaban J connectivity index is 1.56. The van der Waals surface area contributed by atoms with E-state index in [2.05, 4.69) is 10.3 Å². The lowest BCUT2D eigenvalue weighted by atomic mass is 9.94. The molecule has 0 bridgehead atoms. The molecule has 0 aromatic carbocycles. The van der Waals surface area contributed by atoms with E-state index in [1.54, 1.807) is 0 Å². The van der Waals surface area contributed by atoms with Crippen molar-refractivity contribution in [3.63, 3.8) is 0 Å². The fourth-order valence-corrected chi connectivity index (χ4v) is 3.27. The van der Waals surface area contributed by atoms with Gasteiger partial charge in [-0.3, -0.25) is 9.78 Å². The minimum absolute atomic E-state index is 0.163. The number of nitrogens with one attached hydrogen (secondary N) is 1. The number of aromatic nitrogens is 1. The fourth-order valence-electron chi connectivity index (χ4n) is 3.27. The summed E-state index contributed by atoms with van der Waals surface area (Å²) in [7, 11) is 0. The molecular weight excluding hydrogens is 252 g/mol. The molecule has 1 saturated carbocycles. The summed E-state index contributed by atoms with van der Waals surface area (Å²) in [4.78, 5) is 16.3. The van der Waals surface area contributed by atoms with Crippen LogP contribution >= 0.6 is 0 Å². The van der Waals surface area contributed by atoms with Crippen LogP contribution in [0.3, 0.4) is 0 Å². The van der Waals surface area contributed by atoms with Gasteiger partial charge < -0.3 is 10.1 Å². The summed E-state index contributed by atoms with van der Waals surface area (Å²) in [5.74, 6) is 0.845. The van der Waals surface area contributed by atoms with E-state index in [-0.39, 0.29) is 17.9 Å². The van der Waals surface area contributed by atoms with Crippen LogP contribution < -0.4 is 5.32 Å². The lowest BCUT2D eigenvalue weighted by molar-refractivity contribution is -0.125. The Bertz CT molecular complexity index is 443. The van der Waals surface area contributed by atoms with Gasteiger partial charge in [-0.05, 0) is 37.0 Å². The third-order valence-corrected chi connectivity index (χ3v) is 4.50. The number of pyridine rings is 1. The Morgan fingerprint density at radius 1 is 1.25 bits per heavy atom. The van der Waals surface area contributed by atoms with E-state index in [4.69, 9.17) is 4.74 Å². The van der Waals surface area contributed by atoms with Gasteiger partial charge in [-0.25, -0.2) is 0 Å². The lowest BCUT2D eigenvalue weighted by Gasteiger charge is -2.21. The van der Waals surface area contributed by atoms with Gasteiger partial charge in [0.25, 0.3) is 0 Å².